The largest absolute Gasteiger partial charge is 0.356 e. The average Bonchev–Trinajstić information content (AvgIpc) is 2.26. The van der Waals surface area contributed by atoms with Gasteiger partial charge in [0.15, 0.2) is 0 Å². The summed E-state index contributed by atoms with van der Waals surface area (Å²) >= 11 is 5.52. The summed E-state index contributed by atoms with van der Waals surface area (Å²) in [6.45, 7) is 5.22. The summed E-state index contributed by atoms with van der Waals surface area (Å²) in [5.74, 6) is 1.36. The molecule has 0 aromatic rings. The summed E-state index contributed by atoms with van der Waals surface area (Å²) in [7, 11) is 0. The van der Waals surface area contributed by atoms with Crippen molar-refractivity contribution in [1.82, 2.24) is 5.32 Å². The van der Waals surface area contributed by atoms with Gasteiger partial charge in [-0.1, -0.05) is 33.1 Å². The van der Waals surface area contributed by atoms with Crippen molar-refractivity contribution in [2.24, 2.45) is 5.92 Å². The van der Waals surface area contributed by atoms with E-state index in [0.29, 0.717) is 18.2 Å². The zero-order chi connectivity index (χ0) is 11.5. The van der Waals surface area contributed by atoms with Gasteiger partial charge in [0.25, 0.3) is 0 Å². The Morgan fingerprint density at radius 1 is 1.33 bits per heavy atom. The molecule has 1 atom stereocenters. The number of carbonyl (C=O) groups is 1. The molecule has 0 radical (unpaired) electrons. The number of rotatable bonds is 9. The van der Waals surface area contributed by atoms with E-state index in [9.17, 15) is 4.79 Å². The number of hydrogen-bond donors (Lipinski definition) is 1. The first kappa shape index (κ1) is 14.8. The van der Waals surface area contributed by atoms with Crippen molar-refractivity contribution in [3.05, 3.63) is 0 Å². The third-order valence-electron chi connectivity index (χ3n) is 2.67. The summed E-state index contributed by atoms with van der Waals surface area (Å²) in [5.41, 5.74) is 0. The molecule has 0 aliphatic rings. The number of amides is 1. The third kappa shape index (κ3) is 8.73. The zero-order valence-electron chi connectivity index (χ0n) is 10.0. The smallest absolute Gasteiger partial charge is 0.220 e. The van der Waals surface area contributed by atoms with E-state index in [2.05, 4.69) is 19.2 Å². The Bertz CT molecular complexity index is 162. The highest BCUT2D eigenvalue weighted by atomic mass is 35.5. The van der Waals surface area contributed by atoms with E-state index in [0.717, 1.165) is 19.4 Å². The standard InChI is InChI=1S/C12H24ClNO/c1-3-5-7-11(4-2)10-14-12(15)8-6-9-13/h11H,3-10H2,1-2H3,(H,14,15). The Morgan fingerprint density at radius 2 is 2.07 bits per heavy atom. The molecule has 1 amide bonds. The van der Waals surface area contributed by atoms with E-state index < -0.39 is 0 Å². The van der Waals surface area contributed by atoms with Crippen molar-refractivity contribution < 1.29 is 4.79 Å². The molecule has 0 aliphatic heterocycles. The van der Waals surface area contributed by atoms with Crippen molar-refractivity contribution in [1.29, 1.82) is 0 Å². The molecule has 1 unspecified atom stereocenters. The summed E-state index contributed by atoms with van der Waals surface area (Å²) < 4.78 is 0. The van der Waals surface area contributed by atoms with E-state index in [4.69, 9.17) is 11.6 Å². The van der Waals surface area contributed by atoms with Crippen molar-refractivity contribution in [2.75, 3.05) is 12.4 Å². The van der Waals surface area contributed by atoms with Gasteiger partial charge in [0.1, 0.15) is 0 Å². The maximum Gasteiger partial charge on any atom is 0.220 e. The van der Waals surface area contributed by atoms with Gasteiger partial charge in [-0.3, -0.25) is 4.79 Å². The van der Waals surface area contributed by atoms with Gasteiger partial charge in [0, 0.05) is 18.8 Å². The van der Waals surface area contributed by atoms with Crippen LogP contribution in [0.25, 0.3) is 0 Å². The van der Waals surface area contributed by atoms with Gasteiger partial charge in [-0.15, -0.1) is 11.6 Å². The molecule has 2 nitrogen and oxygen atoms in total. The van der Waals surface area contributed by atoms with Crippen LogP contribution in [-0.4, -0.2) is 18.3 Å². The number of nitrogens with one attached hydrogen (secondary N) is 1. The molecule has 0 aromatic carbocycles. The second-order valence-electron chi connectivity index (χ2n) is 4.01. The van der Waals surface area contributed by atoms with Crippen LogP contribution < -0.4 is 5.32 Å². The predicted molar refractivity (Wildman–Crippen MR) is 66.3 cm³/mol. The van der Waals surface area contributed by atoms with E-state index >= 15 is 0 Å². The van der Waals surface area contributed by atoms with Crippen LogP contribution in [0.4, 0.5) is 0 Å². The minimum absolute atomic E-state index is 0.144. The molecule has 15 heavy (non-hydrogen) atoms. The van der Waals surface area contributed by atoms with Gasteiger partial charge in [-0.05, 0) is 18.8 Å². The lowest BCUT2D eigenvalue weighted by molar-refractivity contribution is -0.121. The summed E-state index contributed by atoms with van der Waals surface area (Å²) in [5, 5.41) is 2.98. The minimum atomic E-state index is 0.144. The Morgan fingerprint density at radius 3 is 2.60 bits per heavy atom. The highest BCUT2D eigenvalue weighted by Gasteiger charge is 2.07. The highest BCUT2D eigenvalue weighted by Crippen LogP contribution is 2.11. The highest BCUT2D eigenvalue weighted by molar-refractivity contribution is 6.17. The molecule has 90 valence electrons. The Kier molecular flexibility index (Phi) is 10.1. The molecule has 1 N–H and O–H groups in total. The number of halogens is 1. The molecule has 0 aliphatic carbocycles. The van der Waals surface area contributed by atoms with Crippen LogP contribution in [0.2, 0.25) is 0 Å². The Balaban J connectivity index is 3.55. The first-order valence-electron chi connectivity index (χ1n) is 6.07. The molecule has 0 saturated heterocycles. The third-order valence-corrected chi connectivity index (χ3v) is 2.94. The fraction of sp³-hybridized carbons (Fsp3) is 0.917. The van der Waals surface area contributed by atoms with Gasteiger partial charge in [-0.25, -0.2) is 0 Å². The topological polar surface area (TPSA) is 29.1 Å². The van der Waals surface area contributed by atoms with Gasteiger partial charge in [-0.2, -0.15) is 0 Å². The summed E-state index contributed by atoms with van der Waals surface area (Å²) in [6.07, 6.45) is 6.21. The molecular formula is C12H24ClNO. The molecule has 0 spiro atoms. The minimum Gasteiger partial charge on any atom is -0.356 e. The molecule has 0 fully saturated rings. The van der Waals surface area contributed by atoms with Crippen LogP contribution in [0.3, 0.4) is 0 Å². The molecule has 0 saturated carbocycles. The van der Waals surface area contributed by atoms with E-state index in [1.54, 1.807) is 0 Å². The number of hydrogen-bond acceptors (Lipinski definition) is 1. The van der Waals surface area contributed by atoms with Crippen molar-refractivity contribution in [3.63, 3.8) is 0 Å². The zero-order valence-corrected chi connectivity index (χ0v) is 10.8. The van der Waals surface area contributed by atoms with Crippen molar-refractivity contribution >= 4 is 17.5 Å². The van der Waals surface area contributed by atoms with Crippen molar-refractivity contribution in [3.8, 4) is 0 Å². The SMILES string of the molecule is CCCCC(CC)CNC(=O)CCCCl. The maximum atomic E-state index is 11.3. The molecular weight excluding hydrogens is 210 g/mol. The normalized spacial score (nSPS) is 12.5. The fourth-order valence-electron chi connectivity index (χ4n) is 1.52. The van der Waals surface area contributed by atoms with Crippen LogP contribution in [0.5, 0.6) is 0 Å². The summed E-state index contributed by atoms with van der Waals surface area (Å²) in [6, 6.07) is 0. The lowest BCUT2D eigenvalue weighted by atomic mass is 9.99. The van der Waals surface area contributed by atoms with Gasteiger partial charge < -0.3 is 5.32 Å². The molecule has 3 heteroatoms. The number of alkyl halides is 1. The first-order chi connectivity index (χ1) is 7.24. The summed E-state index contributed by atoms with van der Waals surface area (Å²) in [4.78, 5) is 11.3. The molecule has 0 bridgehead atoms. The molecule has 0 aromatic heterocycles. The lowest BCUT2D eigenvalue weighted by Gasteiger charge is -2.15. The van der Waals surface area contributed by atoms with Crippen LogP contribution in [0, 0.1) is 5.92 Å². The van der Waals surface area contributed by atoms with E-state index in [1.807, 2.05) is 0 Å². The van der Waals surface area contributed by atoms with E-state index in [1.165, 1.54) is 19.3 Å². The average molecular weight is 234 g/mol. The number of carbonyl (C=O) groups excluding carboxylic acids is 1. The monoisotopic (exact) mass is 233 g/mol. The van der Waals surface area contributed by atoms with Crippen LogP contribution in [0.15, 0.2) is 0 Å². The molecule has 0 rings (SSSR count). The Labute approximate surface area is 98.8 Å². The maximum absolute atomic E-state index is 11.3. The van der Waals surface area contributed by atoms with Gasteiger partial charge >= 0.3 is 0 Å². The second kappa shape index (κ2) is 10.3. The fourth-order valence-corrected chi connectivity index (χ4v) is 1.65. The number of unbranched alkanes of at least 4 members (excludes halogenated alkanes) is 1. The van der Waals surface area contributed by atoms with E-state index in [-0.39, 0.29) is 5.91 Å². The molecule has 0 heterocycles. The van der Waals surface area contributed by atoms with Crippen LogP contribution in [0.1, 0.15) is 52.4 Å². The Hall–Kier alpha value is -0.240. The van der Waals surface area contributed by atoms with Gasteiger partial charge in [0.2, 0.25) is 5.91 Å². The van der Waals surface area contributed by atoms with Gasteiger partial charge in [0.05, 0.1) is 0 Å². The van der Waals surface area contributed by atoms with Crippen molar-refractivity contribution in [2.45, 2.75) is 52.4 Å². The van der Waals surface area contributed by atoms with Crippen LogP contribution >= 0.6 is 11.6 Å². The predicted octanol–water partition coefficient (Wildman–Crippen LogP) is 3.34. The first-order valence-corrected chi connectivity index (χ1v) is 6.60. The lowest BCUT2D eigenvalue weighted by Crippen LogP contribution is -2.28. The quantitative estimate of drug-likeness (QED) is 0.608. The second-order valence-corrected chi connectivity index (χ2v) is 4.39. The van der Waals surface area contributed by atoms with Crippen LogP contribution in [-0.2, 0) is 4.79 Å².